The number of nitrogens with one attached hydrogen (secondary N) is 1. The van der Waals surface area contributed by atoms with Crippen LogP contribution in [-0.4, -0.2) is 22.1 Å². The number of halogens is 1. The van der Waals surface area contributed by atoms with Crippen molar-refractivity contribution in [2.75, 3.05) is 18.2 Å². The largest absolute Gasteiger partial charge is 0.481 e. The summed E-state index contributed by atoms with van der Waals surface area (Å²) in [7, 11) is 1.58. The van der Waals surface area contributed by atoms with Crippen molar-refractivity contribution in [2.45, 2.75) is 6.54 Å². The number of methoxy groups -OCH3 is 1. The van der Waals surface area contributed by atoms with Crippen LogP contribution in [0.25, 0.3) is 0 Å². The molecule has 0 radical (unpaired) electrons. The van der Waals surface area contributed by atoms with Gasteiger partial charge < -0.3 is 15.8 Å². The molecule has 0 aliphatic rings. The summed E-state index contributed by atoms with van der Waals surface area (Å²) in [5, 5.41) is 3.16. The molecule has 0 aliphatic carbocycles. The van der Waals surface area contributed by atoms with Crippen LogP contribution < -0.4 is 15.8 Å². The van der Waals surface area contributed by atoms with E-state index in [1.165, 1.54) is 6.33 Å². The van der Waals surface area contributed by atoms with Gasteiger partial charge in [-0.05, 0) is 27.6 Å². The molecule has 0 aromatic carbocycles. The van der Waals surface area contributed by atoms with Crippen LogP contribution in [0.15, 0.2) is 29.1 Å². The minimum absolute atomic E-state index is 0.403. The van der Waals surface area contributed by atoms with E-state index in [0.717, 1.165) is 5.56 Å². The van der Waals surface area contributed by atoms with E-state index in [4.69, 9.17) is 10.5 Å². The van der Waals surface area contributed by atoms with Crippen LogP contribution in [0, 0.1) is 0 Å². The molecule has 2 aromatic rings. The maximum atomic E-state index is 5.67. The van der Waals surface area contributed by atoms with Gasteiger partial charge in [0.25, 0.3) is 0 Å². The predicted octanol–water partition coefficient (Wildman–Crippen LogP) is 1.84. The van der Waals surface area contributed by atoms with Crippen molar-refractivity contribution in [1.29, 1.82) is 0 Å². The predicted molar refractivity (Wildman–Crippen MR) is 72.3 cm³/mol. The minimum atomic E-state index is 0.403. The number of rotatable bonds is 4. The molecule has 0 saturated carbocycles. The summed E-state index contributed by atoms with van der Waals surface area (Å²) < 4.78 is 5.71. The second-order valence-electron chi connectivity index (χ2n) is 3.48. The van der Waals surface area contributed by atoms with Crippen molar-refractivity contribution >= 4 is 27.6 Å². The van der Waals surface area contributed by atoms with E-state index in [1.54, 1.807) is 13.3 Å². The zero-order valence-electron chi connectivity index (χ0n) is 9.72. The Morgan fingerprint density at radius 3 is 3.00 bits per heavy atom. The van der Waals surface area contributed by atoms with E-state index in [9.17, 15) is 0 Å². The number of nitrogen functional groups attached to an aromatic ring is 1. The molecule has 0 aliphatic heterocycles. The summed E-state index contributed by atoms with van der Waals surface area (Å²) in [4.78, 5) is 12.0. The van der Waals surface area contributed by atoms with E-state index in [-0.39, 0.29) is 0 Å². The van der Waals surface area contributed by atoms with Crippen LogP contribution in [0.5, 0.6) is 5.88 Å². The van der Waals surface area contributed by atoms with E-state index < -0.39 is 0 Å². The van der Waals surface area contributed by atoms with Crippen LogP contribution in [0.3, 0.4) is 0 Å². The third kappa shape index (κ3) is 2.86. The quantitative estimate of drug-likeness (QED) is 0.896. The SMILES string of the molecule is COc1cc(CNc2ncnc(N)c2Br)ccn1. The number of aromatic nitrogens is 3. The van der Waals surface area contributed by atoms with Gasteiger partial charge in [-0.15, -0.1) is 0 Å². The number of hydrogen-bond acceptors (Lipinski definition) is 6. The number of anilines is 2. The highest BCUT2D eigenvalue weighted by Crippen LogP contribution is 2.24. The Labute approximate surface area is 113 Å². The Bertz CT molecular complexity index is 549. The smallest absolute Gasteiger partial charge is 0.213 e. The number of nitrogens with two attached hydrogens (primary N) is 1. The van der Waals surface area contributed by atoms with Crippen LogP contribution >= 0.6 is 15.9 Å². The van der Waals surface area contributed by atoms with Gasteiger partial charge in [0.2, 0.25) is 5.88 Å². The summed E-state index contributed by atoms with van der Waals surface area (Å²) >= 11 is 3.33. The molecular weight excluding hydrogens is 298 g/mol. The molecule has 2 rings (SSSR count). The molecule has 6 nitrogen and oxygen atoms in total. The van der Waals surface area contributed by atoms with E-state index in [1.807, 2.05) is 12.1 Å². The highest BCUT2D eigenvalue weighted by Gasteiger charge is 2.05. The highest BCUT2D eigenvalue weighted by molar-refractivity contribution is 9.10. The van der Waals surface area contributed by atoms with Crippen molar-refractivity contribution in [1.82, 2.24) is 15.0 Å². The van der Waals surface area contributed by atoms with E-state index in [2.05, 4.69) is 36.2 Å². The first-order valence-corrected chi connectivity index (χ1v) is 5.98. The molecule has 0 fully saturated rings. The molecule has 0 amide bonds. The van der Waals surface area contributed by atoms with Gasteiger partial charge in [0.1, 0.15) is 22.4 Å². The van der Waals surface area contributed by atoms with E-state index in [0.29, 0.717) is 28.5 Å². The first-order valence-electron chi connectivity index (χ1n) is 5.19. The molecular formula is C11H12BrN5O. The maximum absolute atomic E-state index is 5.67. The van der Waals surface area contributed by atoms with Crippen LogP contribution in [0.4, 0.5) is 11.6 Å². The second-order valence-corrected chi connectivity index (χ2v) is 4.27. The lowest BCUT2D eigenvalue weighted by Crippen LogP contribution is -2.05. The number of ether oxygens (including phenoxy) is 1. The Kier molecular flexibility index (Phi) is 3.93. The summed E-state index contributed by atoms with van der Waals surface area (Å²) in [6, 6.07) is 3.75. The number of hydrogen-bond donors (Lipinski definition) is 2. The van der Waals surface area contributed by atoms with Gasteiger partial charge in [0.05, 0.1) is 7.11 Å². The van der Waals surface area contributed by atoms with Crippen molar-refractivity contribution in [3.63, 3.8) is 0 Å². The Morgan fingerprint density at radius 1 is 1.39 bits per heavy atom. The molecule has 0 bridgehead atoms. The van der Waals surface area contributed by atoms with Gasteiger partial charge in [-0.1, -0.05) is 0 Å². The van der Waals surface area contributed by atoms with Gasteiger partial charge in [-0.2, -0.15) is 0 Å². The Morgan fingerprint density at radius 2 is 2.22 bits per heavy atom. The molecule has 2 aromatic heterocycles. The fraction of sp³-hybridized carbons (Fsp3) is 0.182. The van der Waals surface area contributed by atoms with Gasteiger partial charge in [-0.3, -0.25) is 0 Å². The maximum Gasteiger partial charge on any atom is 0.213 e. The molecule has 0 unspecified atom stereocenters. The second kappa shape index (κ2) is 5.63. The average molecular weight is 310 g/mol. The molecule has 3 N–H and O–H groups in total. The van der Waals surface area contributed by atoms with E-state index >= 15 is 0 Å². The van der Waals surface area contributed by atoms with Crippen molar-refractivity contribution < 1.29 is 4.74 Å². The van der Waals surface area contributed by atoms with Crippen molar-refractivity contribution in [3.05, 3.63) is 34.7 Å². The summed E-state index contributed by atoms with van der Waals surface area (Å²) in [6.07, 6.45) is 3.11. The van der Waals surface area contributed by atoms with Gasteiger partial charge in [0.15, 0.2) is 0 Å². The number of pyridine rings is 1. The zero-order chi connectivity index (χ0) is 13.0. The zero-order valence-corrected chi connectivity index (χ0v) is 11.3. The number of nitrogens with zero attached hydrogens (tertiary/aromatic N) is 3. The van der Waals surface area contributed by atoms with Crippen LogP contribution in [0.1, 0.15) is 5.56 Å². The summed E-state index contributed by atoms with van der Waals surface area (Å²) in [5.74, 6) is 1.63. The Hall–Kier alpha value is -1.89. The molecule has 2 heterocycles. The van der Waals surface area contributed by atoms with Gasteiger partial charge >= 0.3 is 0 Å². The molecule has 0 spiro atoms. The Balaban J connectivity index is 2.09. The van der Waals surface area contributed by atoms with Crippen molar-refractivity contribution in [3.8, 4) is 5.88 Å². The normalized spacial score (nSPS) is 10.1. The fourth-order valence-corrected chi connectivity index (χ4v) is 1.71. The molecule has 18 heavy (non-hydrogen) atoms. The monoisotopic (exact) mass is 309 g/mol. The lowest BCUT2D eigenvalue weighted by molar-refractivity contribution is 0.397. The molecule has 0 saturated heterocycles. The summed E-state index contributed by atoms with van der Waals surface area (Å²) in [6.45, 7) is 0.591. The first-order chi connectivity index (χ1) is 8.70. The lowest BCUT2D eigenvalue weighted by Gasteiger charge is -2.08. The van der Waals surface area contributed by atoms with Crippen LogP contribution in [-0.2, 0) is 6.54 Å². The molecule has 0 atom stereocenters. The topological polar surface area (TPSA) is 86.0 Å². The first kappa shape index (κ1) is 12.6. The third-order valence-corrected chi connectivity index (χ3v) is 3.07. The minimum Gasteiger partial charge on any atom is -0.481 e. The van der Waals surface area contributed by atoms with Crippen LogP contribution in [0.2, 0.25) is 0 Å². The fourth-order valence-electron chi connectivity index (χ4n) is 1.36. The van der Waals surface area contributed by atoms with Gasteiger partial charge in [0, 0.05) is 18.8 Å². The standard InChI is InChI=1S/C11H12BrN5O/c1-18-8-4-7(2-3-14-8)5-15-11-9(12)10(13)16-6-17-11/h2-4,6H,5H2,1H3,(H3,13,15,16,17). The van der Waals surface area contributed by atoms with Gasteiger partial charge in [-0.25, -0.2) is 15.0 Å². The highest BCUT2D eigenvalue weighted by atomic mass is 79.9. The average Bonchev–Trinajstić information content (AvgIpc) is 2.41. The molecule has 7 heteroatoms. The van der Waals surface area contributed by atoms with Crippen molar-refractivity contribution in [2.24, 2.45) is 0 Å². The summed E-state index contributed by atoms with van der Waals surface area (Å²) in [5.41, 5.74) is 6.70. The molecule has 94 valence electrons. The lowest BCUT2D eigenvalue weighted by atomic mass is 10.2. The third-order valence-electron chi connectivity index (χ3n) is 2.28.